The van der Waals surface area contributed by atoms with Crippen molar-refractivity contribution in [2.75, 3.05) is 11.8 Å². The smallest absolute Gasteiger partial charge is 0.312 e. The molecule has 0 heterocycles. The highest BCUT2D eigenvalue weighted by molar-refractivity contribution is 7.92. The van der Waals surface area contributed by atoms with Crippen LogP contribution in [0.15, 0.2) is 41.3 Å². The summed E-state index contributed by atoms with van der Waals surface area (Å²) in [4.78, 5) is 9.61. The van der Waals surface area contributed by atoms with Crippen molar-refractivity contribution in [1.29, 1.82) is 0 Å². The number of hydrogen-bond donors (Lipinski definition) is 2. The second-order valence-electron chi connectivity index (χ2n) is 4.72. The van der Waals surface area contributed by atoms with E-state index in [1.807, 2.05) is 0 Å². The molecule has 0 aromatic heterocycles. The second kappa shape index (κ2) is 6.13. The van der Waals surface area contributed by atoms with E-state index >= 15 is 0 Å². The summed E-state index contributed by atoms with van der Waals surface area (Å²) in [7, 11) is -2.68. The van der Waals surface area contributed by atoms with Gasteiger partial charge in [0.15, 0.2) is 5.75 Å². The van der Waals surface area contributed by atoms with Gasteiger partial charge in [0.05, 0.1) is 22.6 Å². The number of phenols is 1. The molecule has 122 valence electrons. The van der Waals surface area contributed by atoms with Crippen LogP contribution in [0.2, 0.25) is 0 Å². The number of ether oxygens (including phenoxy) is 1. The number of anilines is 1. The number of nitrogens with one attached hydrogen (secondary N) is 1. The van der Waals surface area contributed by atoms with Gasteiger partial charge < -0.3 is 9.84 Å². The van der Waals surface area contributed by atoms with E-state index in [0.29, 0.717) is 5.75 Å². The summed E-state index contributed by atoms with van der Waals surface area (Å²) in [5.74, 6) is -0.297. The third-order valence-corrected chi connectivity index (χ3v) is 4.42. The summed E-state index contributed by atoms with van der Waals surface area (Å²) in [6.07, 6.45) is 0. The van der Waals surface area contributed by atoms with Crippen molar-refractivity contribution in [1.82, 2.24) is 0 Å². The second-order valence-corrected chi connectivity index (χ2v) is 6.40. The SMILES string of the molecule is COc1ccc(C)cc1NS(=O)(=O)c1ccc(O)c([N+](=O)[O-])c1. The third kappa shape index (κ3) is 3.51. The third-order valence-electron chi connectivity index (χ3n) is 3.05. The quantitative estimate of drug-likeness (QED) is 0.638. The van der Waals surface area contributed by atoms with Crippen LogP contribution in [-0.4, -0.2) is 25.6 Å². The van der Waals surface area contributed by atoms with Crippen LogP contribution in [0.1, 0.15) is 5.56 Å². The fourth-order valence-electron chi connectivity index (χ4n) is 1.92. The molecular weight excluding hydrogens is 324 g/mol. The molecule has 0 unspecified atom stereocenters. The molecule has 9 heteroatoms. The average molecular weight is 338 g/mol. The van der Waals surface area contributed by atoms with Gasteiger partial charge in [0, 0.05) is 6.07 Å². The zero-order valence-corrected chi connectivity index (χ0v) is 13.1. The van der Waals surface area contributed by atoms with Gasteiger partial charge in [-0.3, -0.25) is 14.8 Å². The summed E-state index contributed by atoms with van der Waals surface area (Å²) in [5.41, 5.74) is 0.326. The van der Waals surface area contributed by atoms with E-state index in [0.717, 1.165) is 23.8 Å². The molecule has 2 rings (SSSR count). The molecule has 0 bridgehead atoms. The summed E-state index contributed by atoms with van der Waals surface area (Å²) >= 11 is 0. The minimum Gasteiger partial charge on any atom is -0.502 e. The summed E-state index contributed by atoms with van der Waals surface area (Å²) in [6.45, 7) is 1.78. The van der Waals surface area contributed by atoms with Crippen molar-refractivity contribution in [3.63, 3.8) is 0 Å². The van der Waals surface area contributed by atoms with Gasteiger partial charge in [-0.2, -0.15) is 0 Å². The molecule has 23 heavy (non-hydrogen) atoms. The predicted octanol–water partition coefficient (Wildman–Crippen LogP) is 2.42. The van der Waals surface area contributed by atoms with Crippen molar-refractivity contribution in [3.05, 3.63) is 52.1 Å². The number of nitrogens with zero attached hydrogens (tertiary/aromatic N) is 1. The Kier molecular flexibility index (Phi) is 4.41. The number of nitro groups is 1. The van der Waals surface area contributed by atoms with E-state index < -0.39 is 26.4 Å². The van der Waals surface area contributed by atoms with Crippen LogP contribution in [0.4, 0.5) is 11.4 Å². The van der Waals surface area contributed by atoms with E-state index in [1.165, 1.54) is 7.11 Å². The normalized spacial score (nSPS) is 11.0. The highest BCUT2D eigenvalue weighted by atomic mass is 32.2. The maximum absolute atomic E-state index is 12.4. The standard InChI is InChI=1S/C14H14N2O6S/c1-9-3-6-14(22-2)11(7-9)15-23(20,21)10-4-5-13(17)12(8-10)16(18)19/h3-8,15,17H,1-2H3. The fourth-order valence-corrected chi connectivity index (χ4v) is 3.00. The number of methoxy groups -OCH3 is 1. The lowest BCUT2D eigenvalue weighted by atomic mass is 10.2. The molecule has 8 nitrogen and oxygen atoms in total. The number of hydrogen-bond acceptors (Lipinski definition) is 6. The van der Waals surface area contributed by atoms with Crippen molar-refractivity contribution >= 4 is 21.4 Å². The van der Waals surface area contributed by atoms with E-state index in [9.17, 15) is 23.6 Å². The van der Waals surface area contributed by atoms with Crippen LogP contribution in [-0.2, 0) is 10.0 Å². The predicted molar refractivity (Wildman–Crippen MR) is 83.3 cm³/mol. The van der Waals surface area contributed by atoms with E-state index in [4.69, 9.17) is 4.74 Å². The monoisotopic (exact) mass is 338 g/mol. The first-order valence-corrected chi connectivity index (χ1v) is 7.88. The number of benzene rings is 2. The maximum atomic E-state index is 12.4. The minimum absolute atomic E-state index is 0.211. The Balaban J connectivity index is 2.46. The largest absolute Gasteiger partial charge is 0.502 e. The molecule has 2 aromatic rings. The zero-order chi connectivity index (χ0) is 17.2. The van der Waals surface area contributed by atoms with Crippen molar-refractivity contribution in [2.24, 2.45) is 0 Å². The average Bonchev–Trinajstić information content (AvgIpc) is 2.47. The van der Waals surface area contributed by atoms with Gasteiger partial charge in [-0.15, -0.1) is 0 Å². The topological polar surface area (TPSA) is 119 Å². The zero-order valence-electron chi connectivity index (χ0n) is 12.3. The summed E-state index contributed by atoms with van der Waals surface area (Å²) in [5, 5.41) is 20.2. The maximum Gasteiger partial charge on any atom is 0.312 e. The molecule has 0 saturated heterocycles. The van der Waals surface area contributed by atoms with Gasteiger partial charge in [-0.1, -0.05) is 6.07 Å². The van der Waals surface area contributed by atoms with Crippen LogP contribution in [0.3, 0.4) is 0 Å². The lowest BCUT2D eigenvalue weighted by Gasteiger charge is -2.12. The minimum atomic E-state index is -4.08. The van der Waals surface area contributed by atoms with Gasteiger partial charge in [-0.25, -0.2) is 8.42 Å². The summed E-state index contributed by atoms with van der Waals surface area (Å²) in [6, 6.07) is 7.76. The molecule has 2 N–H and O–H groups in total. The van der Waals surface area contributed by atoms with Crippen LogP contribution in [0, 0.1) is 17.0 Å². The van der Waals surface area contributed by atoms with Crippen LogP contribution in [0.25, 0.3) is 0 Å². The number of nitro benzene ring substituents is 1. The van der Waals surface area contributed by atoms with E-state index in [-0.39, 0.29) is 10.6 Å². The molecular formula is C14H14N2O6S. The van der Waals surface area contributed by atoms with Crippen molar-refractivity contribution in [3.8, 4) is 11.5 Å². The molecule has 0 saturated carbocycles. The number of rotatable bonds is 5. The Morgan fingerprint density at radius 2 is 1.91 bits per heavy atom. The number of sulfonamides is 1. The number of aromatic hydroxyl groups is 1. The van der Waals surface area contributed by atoms with Gasteiger partial charge in [0.2, 0.25) is 0 Å². The Hall–Kier alpha value is -2.81. The van der Waals surface area contributed by atoms with Crippen LogP contribution < -0.4 is 9.46 Å². The Labute approximate surface area is 132 Å². The molecule has 0 aliphatic heterocycles. The van der Waals surface area contributed by atoms with Gasteiger partial charge >= 0.3 is 5.69 Å². The molecule has 0 fully saturated rings. The van der Waals surface area contributed by atoms with E-state index in [1.54, 1.807) is 25.1 Å². The molecule has 0 spiro atoms. The Morgan fingerprint density at radius 1 is 1.22 bits per heavy atom. The Morgan fingerprint density at radius 3 is 2.52 bits per heavy atom. The molecule has 0 aliphatic rings. The molecule has 0 aliphatic carbocycles. The van der Waals surface area contributed by atoms with Gasteiger partial charge in [-0.05, 0) is 36.8 Å². The van der Waals surface area contributed by atoms with Crippen molar-refractivity contribution in [2.45, 2.75) is 11.8 Å². The molecule has 0 amide bonds. The van der Waals surface area contributed by atoms with Crippen molar-refractivity contribution < 1.29 is 23.2 Å². The van der Waals surface area contributed by atoms with Gasteiger partial charge in [0.1, 0.15) is 5.75 Å². The van der Waals surface area contributed by atoms with Crippen LogP contribution >= 0.6 is 0 Å². The molecule has 2 aromatic carbocycles. The highest BCUT2D eigenvalue weighted by Crippen LogP contribution is 2.31. The summed E-state index contributed by atoms with van der Waals surface area (Å²) < 4.78 is 32.2. The Bertz CT molecular complexity index is 864. The first kappa shape index (κ1) is 16.6. The first-order chi connectivity index (χ1) is 10.7. The lowest BCUT2D eigenvalue weighted by Crippen LogP contribution is -2.14. The lowest BCUT2D eigenvalue weighted by molar-refractivity contribution is -0.386. The van der Waals surface area contributed by atoms with Gasteiger partial charge in [0.25, 0.3) is 10.0 Å². The number of phenolic OH excluding ortho intramolecular Hbond substituents is 1. The molecule has 0 radical (unpaired) electrons. The molecule has 0 atom stereocenters. The first-order valence-electron chi connectivity index (χ1n) is 6.39. The highest BCUT2D eigenvalue weighted by Gasteiger charge is 2.22. The fraction of sp³-hybridized carbons (Fsp3) is 0.143. The van der Waals surface area contributed by atoms with E-state index in [2.05, 4.69) is 4.72 Å². The van der Waals surface area contributed by atoms with Crippen LogP contribution in [0.5, 0.6) is 11.5 Å². The number of aryl methyl sites for hydroxylation is 1.